The molecule has 6 heteroatoms. The van der Waals surface area contributed by atoms with Gasteiger partial charge in [0, 0.05) is 31.4 Å². The summed E-state index contributed by atoms with van der Waals surface area (Å²) in [4.78, 5) is 6.97. The first-order valence-electron chi connectivity index (χ1n) is 7.72. The number of hydrogen-bond donors (Lipinski definition) is 2. The monoisotopic (exact) mass is 300 g/mol. The quantitative estimate of drug-likeness (QED) is 0.580. The fourth-order valence-electron chi connectivity index (χ4n) is 2.53. The lowest BCUT2D eigenvalue weighted by molar-refractivity contribution is -0.0136. The highest BCUT2D eigenvalue weighted by atomic mass is 32.2. The standard InChI is InChI=1S/C14H28N4OS/c1-3-15-14(17-10-13-5-4-8-20-13)16-9-12-11-18(2)6-7-19-12/h12-13H,3-11H2,1-2H3,(H2,15,16,17). The van der Waals surface area contributed by atoms with Gasteiger partial charge in [0.1, 0.15) is 0 Å². The minimum atomic E-state index is 0.227. The molecule has 0 saturated carbocycles. The molecule has 5 nitrogen and oxygen atoms in total. The highest BCUT2D eigenvalue weighted by molar-refractivity contribution is 8.00. The zero-order valence-electron chi connectivity index (χ0n) is 12.7. The molecule has 116 valence electrons. The third kappa shape index (κ3) is 5.50. The lowest BCUT2D eigenvalue weighted by Gasteiger charge is -2.29. The van der Waals surface area contributed by atoms with Crippen LogP contribution in [0.25, 0.3) is 0 Å². The van der Waals surface area contributed by atoms with Crippen molar-refractivity contribution in [1.29, 1.82) is 0 Å². The van der Waals surface area contributed by atoms with E-state index in [1.165, 1.54) is 18.6 Å². The van der Waals surface area contributed by atoms with E-state index in [2.05, 4.69) is 46.3 Å². The average Bonchev–Trinajstić information content (AvgIpc) is 2.95. The summed E-state index contributed by atoms with van der Waals surface area (Å²) in [7, 11) is 2.14. The van der Waals surface area contributed by atoms with Gasteiger partial charge < -0.3 is 20.3 Å². The molecule has 2 heterocycles. The van der Waals surface area contributed by atoms with Crippen LogP contribution in [0.2, 0.25) is 0 Å². The maximum Gasteiger partial charge on any atom is 0.191 e. The van der Waals surface area contributed by atoms with Gasteiger partial charge in [0.05, 0.1) is 19.3 Å². The molecular weight excluding hydrogens is 272 g/mol. The Kier molecular flexibility index (Phi) is 6.96. The van der Waals surface area contributed by atoms with Crippen LogP contribution in [0.1, 0.15) is 19.8 Å². The van der Waals surface area contributed by atoms with Crippen molar-refractivity contribution < 1.29 is 4.74 Å². The summed E-state index contributed by atoms with van der Waals surface area (Å²) in [6.45, 7) is 7.57. The second-order valence-electron chi connectivity index (χ2n) is 5.49. The number of hydrogen-bond acceptors (Lipinski definition) is 4. The number of likely N-dealkylation sites (N-methyl/N-ethyl adjacent to an activating group) is 1. The third-order valence-corrected chi connectivity index (χ3v) is 5.06. The molecule has 0 aromatic carbocycles. The normalized spacial score (nSPS) is 28.6. The molecule has 0 bridgehead atoms. The van der Waals surface area contributed by atoms with Gasteiger partial charge in [-0.1, -0.05) is 0 Å². The van der Waals surface area contributed by atoms with Crippen molar-refractivity contribution in [3.05, 3.63) is 0 Å². The summed E-state index contributed by atoms with van der Waals surface area (Å²) in [6.07, 6.45) is 2.91. The summed E-state index contributed by atoms with van der Waals surface area (Å²) in [5, 5.41) is 7.53. The number of aliphatic imine (C=N–C) groups is 1. The lowest BCUT2D eigenvalue weighted by atomic mass is 10.2. The largest absolute Gasteiger partial charge is 0.374 e. The van der Waals surface area contributed by atoms with Crippen LogP contribution in [-0.4, -0.2) is 74.3 Å². The fourth-order valence-corrected chi connectivity index (χ4v) is 3.73. The predicted octanol–water partition coefficient (Wildman–Crippen LogP) is 0.768. The van der Waals surface area contributed by atoms with Gasteiger partial charge in [-0.15, -0.1) is 0 Å². The van der Waals surface area contributed by atoms with Gasteiger partial charge >= 0.3 is 0 Å². The molecule has 0 aromatic heterocycles. The molecule has 2 rings (SSSR count). The molecule has 2 saturated heterocycles. The second kappa shape index (κ2) is 8.74. The summed E-state index contributed by atoms with van der Waals surface area (Å²) in [5.41, 5.74) is 0. The van der Waals surface area contributed by atoms with Crippen molar-refractivity contribution in [2.24, 2.45) is 4.99 Å². The molecule has 2 atom stereocenters. The predicted molar refractivity (Wildman–Crippen MR) is 86.7 cm³/mol. The molecular formula is C14H28N4OS. The molecule has 2 aliphatic rings. The van der Waals surface area contributed by atoms with E-state index in [1.54, 1.807) is 0 Å². The van der Waals surface area contributed by atoms with Gasteiger partial charge in [-0.25, -0.2) is 0 Å². The van der Waals surface area contributed by atoms with Crippen LogP contribution in [0, 0.1) is 0 Å². The number of nitrogens with one attached hydrogen (secondary N) is 2. The lowest BCUT2D eigenvalue weighted by Crippen LogP contribution is -2.43. The molecule has 20 heavy (non-hydrogen) atoms. The third-order valence-electron chi connectivity index (χ3n) is 3.66. The van der Waals surface area contributed by atoms with Crippen LogP contribution in [0.4, 0.5) is 0 Å². The van der Waals surface area contributed by atoms with E-state index >= 15 is 0 Å². The van der Waals surface area contributed by atoms with Crippen molar-refractivity contribution in [1.82, 2.24) is 15.5 Å². The zero-order valence-corrected chi connectivity index (χ0v) is 13.5. The minimum Gasteiger partial charge on any atom is -0.374 e. The van der Waals surface area contributed by atoms with Gasteiger partial charge in [-0.05, 0) is 32.6 Å². The van der Waals surface area contributed by atoms with Crippen LogP contribution in [0.15, 0.2) is 4.99 Å². The molecule has 2 unspecified atom stereocenters. The number of guanidine groups is 1. The van der Waals surface area contributed by atoms with Crippen LogP contribution >= 0.6 is 11.8 Å². The van der Waals surface area contributed by atoms with E-state index in [0.29, 0.717) is 0 Å². The zero-order chi connectivity index (χ0) is 14.2. The number of nitrogens with zero attached hydrogens (tertiary/aromatic N) is 2. The number of morpholine rings is 1. The Hall–Kier alpha value is -0.460. The molecule has 0 aliphatic carbocycles. The van der Waals surface area contributed by atoms with Crippen LogP contribution < -0.4 is 10.6 Å². The Balaban J connectivity index is 1.75. The van der Waals surface area contributed by atoms with Gasteiger partial charge in [0.15, 0.2) is 5.96 Å². The van der Waals surface area contributed by atoms with E-state index in [1.807, 2.05) is 0 Å². The van der Waals surface area contributed by atoms with Crippen LogP contribution in [-0.2, 0) is 4.74 Å². The Labute approximate surface area is 126 Å². The SMILES string of the molecule is CCNC(=NCC1CN(C)CCO1)NCC1CCCS1. The van der Waals surface area contributed by atoms with E-state index in [0.717, 1.165) is 50.5 Å². The van der Waals surface area contributed by atoms with Gasteiger partial charge in [-0.2, -0.15) is 11.8 Å². The molecule has 2 fully saturated rings. The van der Waals surface area contributed by atoms with Crippen molar-refractivity contribution in [2.75, 3.05) is 52.1 Å². The number of rotatable bonds is 5. The number of ether oxygens (including phenoxy) is 1. The van der Waals surface area contributed by atoms with Crippen molar-refractivity contribution in [2.45, 2.75) is 31.1 Å². The van der Waals surface area contributed by atoms with Crippen LogP contribution in [0.5, 0.6) is 0 Å². The van der Waals surface area contributed by atoms with E-state index in [-0.39, 0.29) is 6.10 Å². The van der Waals surface area contributed by atoms with Gasteiger partial charge in [0.2, 0.25) is 0 Å². The molecule has 0 radical (unpaired) electrons. The maximum atomic E-state index is 5.75. The average molecular weight is 300 g/mol. The number of thioether (sulfide) groups is 1. The highest BCUT2D eigenvalue weighted by Crippen LogP contribution is 2.25. The molecule has 0 spiro atoms. The Morgan fingerprint density at radius 3 is 3.05 bits per heavy atom. The van der Waals surface area contributed by atoms with Crippen molar-refractivity contribution >= 4 is 17.7 Å². The van der Waals surface area contributed by atoms with E-state index in [9.17, 15) is 0 Å². The van der Waals surface area contributed by atoms with Crippen molar-refractivity contribution in [3.8, 4) is 0 Å². The summed E-state index contributed by atoms with van der Waals surface area (Å²) >= 11 is 2.07. The molecule has 2 aliphatic heterocycles. The smallest absolute Gasteiger partial charge is 0.191 e. The van der Waals surface area contributed by atoms with Crippen molar-refractivity contribution in [3.63, 3.8) is 0 Å². The molecule has 0 aromatic rings. The molecule has 2 N–H and O–H groups in total. The second-order valence-corrected chi connectivity index (χ2v) is 6.90. The first kappa shape index (κ1) is 15.9. The fraction of sp³-hybridized carbons (Fsp3) is 0.929. The Morgan fingerprint density at radius 1 is 1.45 bits per heavy atom. The van der Waals surface area contributed by atoms with Gasteiger partial charge in [-0.3, -0.25) is 4.99 Å². The first-order chi connectivity index (χ1) is 9.78. The van der Waals surface area contributed by atoms with E-state index < -0.39 is 0 Å². The summed E-state index contributed by atoms with van der Waals surface area (Å²) < 4.78 is 5.75. The van der Waals surface area contributed by atoms with Crippen LogP contribution in [0.3, 0.4) is 0 Å². The topological polar surface area (TPSA) is 48.9 Å². The summed E-state index contributed by atoms with van der Waals surface area (Å²) in [5.74, 6) is 2.24. The van der Waals surface area contributed by atoms with E-state index in [4.69, 9.17) is 4.74 Å². The Bertz CT molecular complexity index is 308. The molecule has 0 amide bonds. The highest BCUT2D eigenvalue weighted by Gasteiger charge is 2.18. The van der Waals surface area contributed by atoms with Gasteiger partial charge in [0.25, 0.3) is 0 Å². The Morgan fingerprint density at radius 2 is 2.35 bits per heavy atom. The minimum absolute atomic E-state index is 0.227. The maximum absolute atomic E-state index is 5.75. The summed E-state index contributed by atoms with van der Waals surface area (Å²) in [6, 6.07) is 0. The first-order valence-corrected chi connectivity index (χ1v) is 8.76.